The molecule has 3 aliphatic rings. The summed E-state index contributed by atoms with van der Waals surface area (Å²) in [4.78, 5) is 12.6. The van der Waals surface area contributed by atoms with Gasteiger partial charge in [-0.1, -0.05) is 6.42 Å². The van der Waals surface area contributed by atoms with E-state index in [1.165, 1.54) is 32.1 Å². The predicted molar refractivity (Wildman–Crippen MR) is 94.0 cm³/mol. The first-order valence-corrected chi connectivity index (χ1v) is 9.48. The quantitative estimate of drug-likeness (QED) is 0.873. The summed E-state index contributed by atoms with van der Waals surface area (Å²) >= 11 is 0. The summed E-state index contributed by atoms with van der Waals surface area (Å²) in [6.07, 6.45) is 8.35. The van der Waals surface area contributed by atoms with Crippen molar-refractivity contribution in [2.24, 2.45) is 23.5 Å². The molecule has 2 atom stereocenters. The van der Waals surface area contributed by atoms with E-state index in [2.05, 4.69) is 5.32 Å². The molecule has 4 heteroatoms. The van der Waals surface area contributed by atoms with Crippen molar-refractivity contribution in [3.63, 3.8) is 0 Å². The second-order valence-electron chi connectivity index (χ2n) is 7.96. The monoisotopic (exact) mass is 328 g/mol. The van der Waals surface area contributed by atoms with Gasteiger partial charge in [0.05, 0.1) is 6.61 Å². The third kappa shape index (κ3) is 3.59. The smallest absolute Gasteiger partial charge is 0.251 e. The van der Waals surface area contributed by atoms with Crippen LogP contribution in [0.5, 0.6) is 5.75 Å². The summed E-state index contributed by atoms with van der Waals surface area (Å²) in [5.41, 5.74) is 6.90. The van der Waals surface area contributed by atoms with Crippen molar-refractivity contribution in [3.8, 4) is 5.75 Å². The number of amides is 1. The van der Waals surface area contributed by atoms with Gasteiger partial charge >= 0.3 is 0 Å². The molecule has 0 spiro atoms. The molecule has 24 heavy (non-hydrogen) atoms. The lowest BCUT2D eigenvalue weighted by atomic mass is 9.67. The molecule has 4 rings (SSSR count). The van der Waals surface area contributed by atoms with E-state index < -0.39 is 0 Å². The Balaban J connectivity index is 1.36. The zero-order valence-electron chi connectivity index (χ0n) is 14.2. The van der Waals surface area contributed by atoms with Crippen LogP contribution in [0.15, 0.2) is 24.3 Å². The van der Waals surface area contributed by atoms with Gasteiger partial charge in [-0.2, -0.15) is 0 Å². The van der Waals surface area contributed by atoms with Gasteiger partial charge in [0.2, 0.25) is 0 Å². The van der Waals surface area contributed by atoms with Gasteiger partial charge in [-0.15, -0.1) is 0 Å². The molecule has 3 N–H and O–H groups in total. The van der Waals surface area contributed by atoms with Gasteiger partial charge in [-0.3, -0.25) is 4.79 Å². The predicted octanol–water partition coefficient (Wildman–Crippen LogP) is 3.11. The zero-order chi connectivity index (χ0) is 16.5. The highest BCUT2D eigenvalue weighted by Crippen LogP contribution is 2.39. The van der Waals surface area contributed by atoms with Crippen LogP contribution in [-0.4, -0.2) is 24.6 Å². The third-order valence-corrected chi connectivity index (χ3v) is 5.97. The van der Waals surface area contributed by atoms with E-state index in [-0.39, 0.29) is 5.91 Å². The molecule has 0 saturated heterocycles. The normalized spacial score (nSPS) is 32.2. The fourth-order valence-electron chi connectivity index (χ4n) is 4.46. The second kappa shape index (κ2) is 6.75. The van der Waals surface area contributed by atoms with Crippen LogP contribution in [0.1, 0.15) is 55.3 Å². The van der Waals surface area contributed by atoms with E-state index in [4.69, 9.17) is 10.5 Å². The maximum absolute atomic E-state index is 12.6. The molecule has 130 valence electrons. The van der Waals surface area contributed by atoms with Crippen LogP contribution < -0.4 is 15.8 Å². The molecule has 1 aromatic carbocycles. The molecule has 4 nitrogen and oxygen atoms in total. The lowest BCUT2D eigenvalue weighted by molar-refractivity contribution is 0.0756. The van der Waals surface area contributed by atoms with Crippen LogP contribution in [0.3, 0.4) is 0 Å². The number of fused-ring (bicyclic) bond motifs is 2. The summed E-state index contributed by atoms with van der Waals surface area (Å²) in [5.74, 6) is 2.75. The topological polar surface area (TPSA) is 64.3 Å². The minimum atomic E-state index is 0.0427. The van der Waals surface area contributed by atoms with E-state index >= 15 is 0 Å². The highest BCUT2D eigenvalue weighted by Gasteiger charge is 2.39. The zero-order valence-corrected chi connectivity index (χ0v) is 14.2. The van der Waals surface area contributed by atoms with Gasteiger partial charge in [-0.05, 0) is 80.5 Å². The molecule has 1 aromatic rings. The molecule has 3 fully saturated rings. The first kappa shape index (κ1) is 15.9. The number of benzene rings is 1. The van der Waals surface area contributed by atoms with Crippen molar-refractivity contribution < 1.29 is 9.53 Å². The Bertz CT molecular complexity index is 568. The maximum Gasteiger partial charge on any atom is 0.251 e. The lowest BCUT2D eigenvalue weighted by Gasteiger charge is -2.45. The first-order valence-electron chi connectivity index (χ1n) is 9.48. The van der Waals surface area contributed by atoms with Crippen LogP contribution in [0, 0.1) is 17.8 Å². The van der Waals surface area contributed by atoms with E-state index in [1.807, 2.05) is 24.3 Å². The Morgan fingerprint density at radius 2 is 1.75 bits per heavy atom. The number of rotatable bonds is 5. The molecular formula is C20H28N2O2. The van der Waals surface area contributed by atoms with E-state index in [9.17, 15) is 4.79 Å². The van der Waals surface area contributed by atoms with Crippen LogP contribution in [-0.2, 0) is 0 Å². The largest absolute Gasteiger partial charge is 0.493 e. The molecule has 3 aliphatic carbocycles. The van der Waals surface area contributed by atoms with Crippen LogP contribution in [0.4, 0.5) is 0 Å². The van der Waals surface area contributed by atoms with Crippen molar-refractivity contribution in [3.05, 3.63) is 29.8 Å². The minimum Gasteiger partial charge on any atom is -0.493 e. The Labute approximate surface area is 144 Å². The summed E-state index contributed by atoms with van der Waals surface area (Å²) in [6, 6.07) is 8.20. The van der Waals surface area contributed by atoms with Crippen molar-refractivity contribution in [2.45, 2.75) is 57.0 Å². The maximum atomic E-state index is 12.6. The SMILES string of the molecule is NC1CC2CCCC(C1)C2NC(=O)c1ccc(OCC2CC2)cc1. The molecule has 2 bridgehead atoms. The Kier molecular flexibility index (Phi) is 4.49. The van der Waals surface area contributed by atoms with Gasteiger partial charge in [0.15, 0.2) is 0 Å². The number of nitrogens with two attached hydrogens (primary N) is 1. The number of carbonyl (C=O) groups excluding carboxylic acids is 1. The van der Waals surface area contributed by atoms with Gasteiger partial charge in [0.25, 0.3) is 5.91 Å². The van der Waals surface area contributed by atoms with Crippen LogP contribution in [0.2, 0.25) is 0 Å². The Morgan fingerprint density at radius 1 is 1.08 bits per heavy atom. The number of hydrogen-bond acceptors (Lipinski definition) is 3. The number of hydrogen-bond donors (Lipinski definition) is 2. The van der Waals surface area contributed by atoms with E-state index in [0.717, 1.165) is 36.7 Å². The Morgan fingerprint density at radius 3 is 2.38 bits per heavy atom. The van der Waals surface area contributed by atoms with Crippen molar-refractivity contribution in [2.75, 3.05) is 6.61 Å². The highest BCUT2D eigenvalue weighted by molar-refractivity contribution is 5.94. The van der Waals surface area contributed by atoms with Crippen molar-refractivity contribution in [1.82, 2.24) is 5.32 Å². The van der Waals surface area contributed by atoms with Crippen molar-refractivity contribution in [1.29, 1.82) is 0 Å². The molecule has 0 heterocycles. The lowest BCUT2D eigenvalue weighted by Crippen LogP contribution is -2.53. The standard InChI is InChI=1S/C20H28N2O2/c21-17-10-15-2-1-3-16(11-17)19(15)22-20(23)14-6-8-18(9-7-14)24-12-13-4-5-13/h6-9,13,15-17,19H,1-5,10-12,21H2,(H,22,23). The molecule has 1 amide bonds. The average molecular weight is 328 g/mol. The third-order valence-electron chi connectivity index (χ3n) is 5.97. The molecule has 3 saturated carbocycles. The van der Waals surface area contributed by atoms with Gasteiger partial charge in [0.1, 0.15) is 5.75 Å². The number of carbonyl (C=O) groups is 1. The van der Waals surface area contributed by atoms with E-state index in [1.54, 1.807) is 0 Å². The summed E-state index contributed by atoms with van der Waals surface area (Å²) in [7, 11) is 0. The molecular weight excluding hydrogens is 300 g/mol. The van der Waals surface area contributed by atoms with Crippen LogP contribution >= 0.6 is 0 Å². The fraction of sp³-hybridized carbons (Fsp3) is 0.650. The Hall–Kier alpha value is -1.55. The number of nitrogens with one attached hydrogen (secondary N) is 1. The van der Waals surface area contributed by atoms with Crippen molar-refractivity contribution >= 4 is 5.91 Å². The molecule has 2 unspecified atom stereocenters. The summed E-state index contributed by atoms with van der Waals surface area (Å²) in [6.45, 7) is 0.803. The molecule has 0 aliphatic heterocycles. The van der Waals surface area contributed by atoms with E-state index in [0.29, 0.717) is 23.9 Å². The first-order chi connectivity index (χ1) is 11.7. The van der Waals surface area contributed by atoms with Crippen LogP contribution in [0.25, 0.3) is 0 Å². The van der Waals surface area contributed by atoms with Gasteiger partial charge in [0, 0.05) is 17.6 Å². The number of ether oxygens (including phenoxy) is 1. The molecule has 0 radical (unpaired) electrons. The second-order valence-corrected chi connectivity index (χ2v) is 7.96. The van der Waals surface area contributed by atoms with Gasteiger partial charge < -0.3 is 15.8 Å². The fourth-order valence-corrected chi connectivity index (χ4v) is 4.46. The highest BCUT2D eigenvalue weighted by atomic mass is 16.5. The summed E-state index contributed by atoms with van der Waals surface area (Å²) < 4.78 is 5.74. The summed E-state index contributed by atoms with van der Waals surface area (Å²) in [5, 5.41) is 3.30. The minimum absolute atomic E-state index is 0.0427. The van der Waals surface area contributed by atoms with Gasteiger partial charge in [-0.25, -0.2) is 0 Å². The molecule has 0 aromatic heterocycles. The average Bonchev–Trinajstić information content (AvgIpc) is 3.38.